The van der Waals surface area contributed by atoms with Crippen LogP contribution in [0.4, 0.5) is 0 Å². The molecule has 4 heteroatoms. The molecule has 0 spiro atoms. The Morgan fingerprint density at radius 3 is 2.44 bits per heavy atom. The summed E-state index contributed by atoms with van der Waals surface area (Å²) in [6.45, 7) is 0.600. The largest absolute Gasteiger partial charge is 0.326 e. The lowest BCUT2D eigenvalue weighted by atomic mass is 10.4. The average molecular weight is 271 g/mol. The van der Waals surface area contributed by atoms with Crippen LogP contribution in [0.2, 0.25) is 0 Å². The van der Waals surface area contributed by atoms with E-state index in [9.17, 15) is 0 Å². The quantitative estimate of drug-likeness (QED) is 0.835. The SMILES string of the molecule is NCc1cc(Br)sc1Br. The van der Waals surface area contributed by atoms with Crippen molar-refractivity contribution in [2.75, 3.05) is 0 Å². The molecule has 2 N–H and O–H groups in total. The highest BCUT2D eigenvalue weighted by molar-refractivity contribution is 9.12. The summed E-state index contributed by atoms with van der Waals surface area (Å²) in [6, 6.07) is 2.02. The first-order valence-electron chi connectivity index (χ1n) is 2.38. The molecule has 0 aliphatic rings. The Bertz CT molecular complexity index is 209. The number of hydrogen-bond acceptors (Lipinski definition) is 2. The van der Waals surface area contributed by atoms with Crippen molar-refractivity contribution in [2.45, 2.75) is 6.54 Å². The molecule has 0 radical (unpaired) electrons. The zero-order valence-corrected chi connectivity index (χ0v) is 8.51. The maximum Gasteiger partial charge on any atom is 0.0755 e. The van der Waals surface area contributed by atoms with Gasteiger partial charge in [-0.2, -0.15) is 0 Å². The molecule has 9 heavy (non-hydrogen) atoms. The number of thiophene rings is 1. The van der Waals surface area contributed by atoms with Gasteiger partial charge in [0.2, 0.25) is 0 Å². The lowest BCUT2D eigenvalue weighted by Crippen LogP contribution is -1.93. The van der Waals surface area contributed by atoms with Crippen molar-refractivity contribution >= 4 is 43.2 Å². The van der Waals surface area contributed by atoms with Gasteiger partial charge in [-0.15, -0.1) is 11.3 Å². The van der Waals surface area contributed by atoms with E-state index in [1.54, 1.807) is 11.3 Å². The predicted octanol–water partition coefficient (Wildman–Crippen LogP) is 2.73. The van der Waals surface area contributed by atoms with Crippen LogP contribution in [-0.2, 0) is 6.54 Å². The van der Waals surface area contributed by atoms with Gasteiger partial charge in [-0.05, 0) is 43.5 Å². The lowest BCUT2D eigenvalue weighted by molar-refractivity contribution is 1.07. The highest BCUT2D eigenvalue weighted by atomic mass is 79.9. The number of halogens is 2. The fourth-order valence-electron chi connectivity index (χ4n) is 0.514. The summed E-state index contributed by atoms with van der Waals surface area (Å²) in [6.07, 6.45) is 0. The number of nitrogens with two attached hydrogens (primary N) is 1. The van der Waals surface area contributed by atoms with Crippen molar-refractivity contribution in [3.8, 4) is 0 Å². The highest BCUT2D eigenvalue weighted by Gasteiger charge is 2.00. The Morgan fingerprint density at radius 1 is 1.56 bits per heavy atom. The van der Waals surface area contributed by atoms with Gasteiger partial charge in [0.05, 0.1) is 7.57 Å². The molecular formula is C5H5Br2NS. The minimum absolute atomic E-state index is 0.600. The van der Waals surface area contributed by atoms with Gasteiger partial charge in [-0.25, -0.2) is 0 Å². The number of rotatable bonds is 1. The summed E-state index contributed by atoms with van der Waals surface area (Å²) in [5, 5.41) is 0. The third-order valence-corrected chi connectivity index (χ3v) is 3.41. The van der Waals surface area contributed by atoms with E-state index in [0.29, 0.717) is 6.54 Å². The molecule has 0 aromatic carbocycles. The fourth-order valence-corrected chi connectivity index (χ4v) is 3.37. The molecule has 50 valence electrons. The van der Waals surface area contributed by atoms with Crippen molar-refractivity contribution < 1.29 is 0 Å². The van der Waals surface area contributed by atoms with Crippen LogP contribution >= 0.6 is 43.2 Å². The Hall–Kier alpha value is 0.620. The first-order valence-corrected chi connectivity index (χ1v) is 4.78. The molecule has 0 saturated heterocycles. The first kappa shape index (κ1) is 7.72. The van der Waals surface area contributed by atoms with E-state index < -0.39 is 0 Å². The van der Waals surface area contributed by atoms with Gasteiger partial charge in [0.25, 0.3) is 0 Å². The van der Waals surface area contributed by atoms with Gasteiger partial charge in [0.15, 0.2) is 0 Å². The Kier molecular flexibility index (Phi) is 2.70. The summed E-state index contributed by atoms with van der Waals surface area (Å²) in [5.74, 6) is 0. The monoisotopic (exact) mass is 269 g/mol. The molecule has 1 rings (SSSR count). The van der Waals surface area contributed by atoms with E-state index in [1.807, 2.05) is 6.07 Å². The molecule has 1 aromatic rings. The van der Waals surface area contributed by atoms with Gasteiger partial charge >= 0.3 is 0 Å². The second-order valence-corrected chi connectivity index (χ2v) is 5.30. The van der Waals surface area contributed by atoms with E-state index in [0.717, 1.165) is 13.1 Å². The zero-order valence-electron chi connectivity index (χ0n) is 4.53. The maximum atomic E-state index is 5.42. The second-order valence-electron chi connectivity index (χ2n) is 1.55. The van der Waals surface area contributed by atoms with Gasteiger partial charge in [0.1, 0.15) is 0 Å². The third kappa shape index (κ3) is 1.77. The first-order chi connectivity index (χ1) is 4.24. The predicted molar refractivity (Wildman–Crippen MR) is 47.6 cm³/mol. The van der Waals surface area contributed by atoms with Gasteiger partial charge in [0, 0.05) is 6.54 Å². The highest BCUT2D eigenvalue weighted by Crippen LogP contribution is 2.31. The van der Waals surface area contributed by atoms with Gasteiger partial charge < -0.3 is 5.73 Å². The standard InChI is InChI=1S/C5H5Br2NS/c6-4-1-3(2-8)5(7)9-4/h1H,2,8H2. The average Bonchev–Trinajstić information content (AvgIpc) is 2.10. The molecule has 1 aromatic heterocycles. The van der Waals surface area contributed by atoms with Crippen LogP contribution in [0.1, 0.15) is 5.56 Å². The second kappa shape index (κ2) is 3.14. The summed E-state index contributed by atoms with van der Waals surface area (Å²) < 4.78 is 2.24. The van der Waals surface area contributed by atoms with Crippen molar-refractivity contribution in [1.82, 2.24) is 0 Å². The van der Waals surface area contributed by atoms with Gasteiger partial charge in [-0.1, -0.05) is 0 Å². The van der Waals surface area contributed by atoms with E-state index >= 15 is 0 Å². The summed E-state index contributed by atoms with van der Waals surface area (Å²) >= 11 is 8.39. The van der Waals surface area contributed by atoms with Crippen LogP contribution in [-0.4, -0.2) is 0 Å². The van der Waals surface area contributed by atoms with Crippen LogP contribution in [0.25, 0.3) is 0 Å². The van der Waals surface area contributed by atoms with E-state index in [-0.39, 0.29) is 0 Å². The van der Waals surface area contributed by atoms with E-state index in [4.69, 9.17) is 5.73 Å². The third-order valence-electron chi connectivity index (χ3n) is 0.947. The fraction of sp³-hybridized carbons (Fsp3) is 0.200. The Balaban J connectivity index is 3.01. The topological polar surface area (TPSA) is 26.0 Å². The molecular weight excluding hydrogens is 266 g/mol. The minimum atomic E-state index is 0.600. The smallest absolute Gasteiger partial charge is 0.0755 e. The van der Waals surface area contributed by atoms with Crippen molar-refractivity contribution in [3.63, 3.8) is 0 Å². The van der Waals surface area contributed by atoms with Crippen LogP contribution in [0.15, 0.2) is 13.6 Å². The molecule has 0 fully saturated rings. The molecule has 1 heterocycles. The molecule has 0 saturated carbocycles. The van der Waals surface area contributed by atoms with Crippen LogP contribution in [0.5, 0.6) is 0 Å². The normalized spacial score (nSPS) is 10.1. The van der Waals surface area contributed by atoms with E-state index in [2.05, 4.69) is 31.9 Å². The van der Waals surface area contributed by atoms with Crippen molar-refractivity contribution in [1.29, 1.82) is 0 Å². The number of hydrogen-bond donors (Lipinski definition) is 1. The van der Waals surface area contributed by atoms with E-state index in [1.165, 1.54) is 0 Å². The molecule has 0 aliphatic carbocycles. The lowest BCUT2D eigenvalue weighted by Gasteiger charge is -1.86. The molecule has 0 unspecified atom stereocenters. The van der Waals surface area contributed by atoms with Crippen molar-refractivity contribution in [3.05, 3.63) is 19.2 Å². The Labute approximate surface area is 74.5 Å². The summed E-state index contributed by atoms with van der Waals surface area (Å²) in [5.41, 5.74) is 6.58. The zero-order chi connectivity index (χ0) is 6.85. The maximum absolute atomic E-state index is 5.42. The Morgan fingerprint density at radius 2 is 2.22 bits per heavy atom. The molecule has 0 aliphatic heterocycles. The molecule has 0 atom stereocenters. The molecule has 1 nitrogen and oxygen atoms in total. The van der Waals surface area contributed by atoms with Crippen LogP contribution < -0.4 is 5.73 Å². The van der Waals surface area contributed by atoms with Gasteiger partial charge in [-0.3, -0.25) is 0 Å². The molecule has 0 bridgehead atoms. The minimum Gasteiger partial charge on any atom is -0.326 e. The molecule has 0 amide bonds. The summed E-state index contributed by atoms with van der Waals surface area (Å²) in [4.78, 5) is 0. The van der Waals surface area contributed by atoms with Crippen LogP contribution in [0.3, 0.4) is 0 Å². The van der Waals surface area contributed by atoms with Crippen molar-refractivity contribution in [2.24, 2.45) is 5.73 Å². The summed E-state index contributed by atoms with van der Waals surface area (Å²) in [7, 11) is 0. The van der Waals surface area contributed by atoms with Crippen LogP contribution in [0, 0.1) is 0 Å².